The van der Waals surface area contributed by atoms with Gasteiger partial charge in [-0.3, -0.25) is 14.4 Å². The molecule has 1 saturated heterocycles. The minimum Gasteiger partial charge on any atom is -0.352 e. The molecule has 1 rings (SSSR count). The summed E-state index contributed by atoms with van der Waals surface area (Å²) in [5, 5.41) is 5.41. The van der Waals surface area contributed by atoms with E-state index in [1.165, 1.54) is 0 Å². The van der Waals surface area contributed by atoms with Crippen molar-refractivity contribution in [1.29, 1.82) is 0 Å². The van der Waals surface area contributed by atoms with Gasteiger partial charge in [0.2, 0.25) is 17.7 Å². The average Bonchev–Trinajstić information content (AvgIpc) is 2.44. The predicted octanol–water partition coefficient (Wildman–Crippen LogP) is -0.787. The Kier molecular flexibility index (Phi) is 6.61. The first-order chi connectivity index (χ1) is 9.81. The lowest BCUT2D eigenvalue weighted by Gasteiger charge is -2.31. The second-order valence-corrected chi connectivity index (χ2v) is 5.84. The van der Waals surface area contributed by atoms with Crippen molar-refractivity contribution in [3.05, 3.63) is 0 Å². The summed E-state index contributed by atoms with van der Waals surface area (Å²) in [4.78, 5) is 36.4. The monoisotopic (exact) mass is 298 g/mol. The molecule has 0 aliphatic carbocycles. The minimum atomic E-state index is -0.600. The second-order valence-electron chi connectivity index (χ2n) is 5.84. The van der Waals surface area contributed by atoms with Crippen molar-refractivity contribution in [2.45, 2.75) is 45.7 Å². The molecule has 1 fully saturated rings. The van der Waals surface area contributed by atoms with E-state index in [1.807, 2.05) is 13.8 Å². The summed E-state index contributed by atoms with van der Waals surface area (Å²) in [7, 11) is 0. The van der Waals surface area contributed by atoms with E-state index in [-0.39, 0.29) is 36.2 Å². The van der Waals surface area contributed by atoms with Crippen LogP contribution in [-0.4, -0.2) is 54.3 Å². The van der Waals surface area contributed by atoms with Crippen molar-refractivity contribution in [1.82, 2.24) is 15.5 Å². The van der Waals surface area contributed by atoms with Crippen molar-refractivity contribution < 1.29 is 14.4 Å². The third-order valence-electron chi connectivity index (χ3n) is 3.75. The predicted molar refractivity (Wildman–Crippen MR) is 79.2 cm³/mol. The summed E-state index contributed by atoms with van der Waals surface area (Å²) < 4.78 is 0. The smallest absolute Gasteiger partial charge is 0.239 e. The molecule has 1 atom stereocenters. The fraction of sp³-hybridized carbons (Fsp3) is 0.786. The van der Waals surface area contributed by atoms with Gasteiger partial charge >= 0.3 is 0 Å². The Morgan fingerprint density at radius 2 is 1.81 bits per heavy atom. The van der Waals surface area contributed by atoms with Gasteiger partial charge in [0.05, 0.1) is 12.6 Å². The van der Waals surface area contributed by atoms with E-state index in [2.05, 4.69) is 10.6 Å². The third-order valence-corrected chi connectivity index (χ3v) is 3.75. The topological polar surface area (TPSA) is 105 Å². The Hall–Kier alpha value is -1.63. The molecule has 120 valence electrons. The number of nitrogens with one attached hydrogen (secondary N) is 2. The quantitative estimate of drug-likeness (QED) is 0.619. The van der Waals surface area contributed by atoms with Gasteiger partial charge in [-0.05, 0) is 18.8 Å². The van der Waals surface area contributed by atoms with E-state index in [9.17, 15) is 14.4 Å². The number of carbonyl (C=O) groups is 3. The average molecular weight is 298 g/mol. The maximum atomic E-state index is 11.8. The number of hydrogen-bond donors (Lipinski definition) is 3. The SMILES string of the molecule is CC(=O)N1CCC(NC(=O)CNC(=O)[C@@H](N)C(C)C)CC1. The van der Waals surface area contributed by atoms with Crippen LogP contribution in [0.3, 0.4) is 0 Å². The molecule has 0 aromatic rings. The maximum absolute atomic E-state index is 11.8. The van der Waals surface area contributed by atoms with Crippen molar-refractivity contribution in [2.24, 2.45) is 11.7 Å². The lowest BCUT2D eigenvalue weighted by molar-refractivity contribution is -0.130. The summed E-state index contributed by atoms with van der Waals surface area (Å²) in [6.45, 7) is 6.51. The molecule has 0 saturated carbocycles. The van der Waals surface area contributed by atoms with E-state index in [0.29, 0.717) is 13.1 Å². The summed E-state index contributed by atoms with van der Waals surface area (Å²) in [5.41, 5.74) is 5.69. The van der Waals surface area contributed by atoms with Crippen LogP contribution in [0.2, 0.25) is 0 Å². The second kappa shape index (κ2) is 7.97. The Labute approximate surface area is 125 Å². The van der Waals surface area contributed by atoms with Crippen LogP contribution in [0.4, 0.5) is 0 Å². The van der Waals surface area contributed by atoms with E-state index in [0.717, 1.165) is 12.8 Å². The minimum absolute atomic E-state index is 0.0315. The maximum Gasteiger partial charge on any atom is 0.239 e. The number of likely N-dealkylation sites (tertiary alicyclic amines) is 1. The van der Waals surface area contributed by atoms with Gasteiger partial charge in [0.15, 0.2) is 0 Å². The van der Waals surface area contributed by atoms with Crippen molar-refractivity contribution in [3.63, 3.8) is 0 Å². The molecule has 0 spiro atoms. The lowest BCUT2D eigenvalue weighted by atomic mass is 10.0. The van der Waals surface area contributed by atoms with Crippen molar-refractivity contribution in [3.8, 4) is 0 Å². The van der Waals surface area contributed by atoms with Crippen LogP contribution in [0.5, 0.6) is 0 Å². The molecule has 0 bridgehead atoms. The number of carbonyl (C=O) groups excluding carboxylic acids is 3. The van der Waals surface area contributed by atoms with Crippen LogP contribution >= 0.6 is 0 Å². The first kappa shape index (κ1) is 17.4. The molecule has 7 heteroatoms. The van der Waals surface area contributed by atoms with Crippen LogP contribution in [0.25, 0.3) is 0 Å². The fourth-order valence-corrected chi connectivity index (χ4v) is 2.21. The van der Waals surface area contributed by atoms with Crippen molar-refractivity contribution in [2.75, 3.05) is 19.6 Å². The zero-order valence-corrected chi connectivity index (χ0v) is 13.0. The van der Waals surface area contributed by atoms with E-state index < -0.39 is 6.04 Å². The molecule has 1 aliphatic heterocycles. The highest BCUT2D eigenvalue weighted by Gasteiger charge is 2.22. The highest BCUT2D eigenvalue weighted by Crippen LogP contribution is 2.10. The van der Waals surface area contributed by atoms with Crippen LogP contribution < -0.4 is 16.4 Å². The summed E-state index contributed by atoms with van der Waals surface area (Å²) in [6.07, 6.45) is 1.48. The summed E-state index contributed by atoms with van der Waals surface area (Å²) in [5.74, 6) is -0.439. The molecular formula is C14H26N4O3. The molecule has 0 unspecified atom stereocenters. The van der Waals surface area contributed by atoms with Crippen LogP contribution in [-0.2, 0) is 14.4 Å². The molecule has 0 aromatic heterocycles. The van der Waals surface area contributed by atoms with Gasteiger partial charge in [0.1, 0.15) is 0 Å². The summed E-state index contributed by atoms with van der Waals surface area (Å²) in [6, 6.07) is -0.541. The molecule has 1 aliphatic rings. The van der Waals surface area contributed by atoms with Crippen LogP contribution in [0.15, 0.2) is 0 Å². The number of nitrogens with zero attached hydrogens (tertiary/aromatic N) is 1. The van der Waals surface area contributed by atoms with Gasteiger partial charge in [-0.1, -0.05) is 13.8 Å². The third kappa shape index (κ3) is 5.71. The zero-order chi connectivity index (χ0) is 16.0. The summed E-state index contributed by atoms with van der Waals surface area (Å²) >= 11 is 0. The Morgan fingerprint density at radius 3 is 2.29 bits per heavy atom. The molecule has 1 heterocycles. The normalized spacial score (nSPS) is 17.5. The van der Waals surface area contributed by atoms with Gasteiger partial charge in [-0.2, -0.15) is 0 Å². The highest BCUT2D eigenvalue weighted by molar-refractivity contribution is 5.87. The van der Waals surface area contributed by atoms with Gasteiger partial charge in [-0.25, -0.2) is 0 Å². The Balaban J connectivity index is 2.26. The molecule has 7 nitrogen and oxygen atoms in total. The first-order valence-corrected chi connectivity index (χ1v) is 7.39. The zero-order valence-electron chi connectivity index (χ0n) is 13.0. The van der Waals surface area contributed by atoms with E-state index >= 15 is 0 Å². The molecule has 21 heavy (non-hydrogen) atoms. The van der Waals surface area contributed by atoms with Crippen LogP contribution in [0, 0.1) is 5.92 Å². The molecule has 0 aromatic carbocycles. The number of hydrogen-bond acceptors (Lipinski definition) is 4. The number of piperidine rings is 1. The number of rotatable bonds is 5. The molecule has 3 amide bonds. The van der Waals surface area contributed by atoms with Gasteiger partial charge in [0.25, 0.3) is 0 Å². The van der Waals surface area contributed by atoms with Crippen LogP contribution in [0.1, 0.15) is 33.6 Å². The molecule has 0 radical (unpaired) electrons. The van der Waals surface area contributed by atoms with Gasteiger partial charge in [-0.15, -0.1) is 0 Å². The molecular weight excluding hydrogens is 272 g/mol. The van der Waals surface area contributed by atoms with Gasteiger partial charge in [0, 0.05) is 26.1 Å². The Morgan fingerprint density at radius 1 is 1.24 bits per heavy atom. The van der Waals surface area contributed by atoms with Crippen molar-refractivity contribution >= 4 is 17.7 Å². The fourth-order valence-electron chi connectivity index (χ4n) is 2.21. The number of nitrogens with two attached hydrogens (primary N) is 1. The lowest BCUT2D eigenvalue weighted by Crippen LogP contribution is -2.50. The standard InChI is InChI=1S/C14H26N4O3/c1-9(2)13(15)14(21)16-8-12(20)17-11-4-6-18(7-5-11)10(3)19/h9,11,13H,4-8,15H2,1-3H3,(H,16,21)(H,17,20)/t13-/m0/s1. The largest absolute Gasteiger partial charge is 0.352 e. The first-order valence-electron chi connectivity index (χ1n) is 7.39. The van der Waals surface area contributed by atoms with E-state index in [4.69, 9.17) is 5.73 Å². The number of amides is 3. The Bertz CT molecular complexity index is 390. The van der Waals surface area contributed by atoms with E-state index in [1.54, 1.807) is 11.8 Å². The highest BCUT2D eigenvalue weighted by atomic mass is 16.2. The molecule has 4 N–H and O–H groups in total. The van der Waals surface area contributed by atoms with Gasteiger partial charge < -0.3 is 21.3 Å².